The highest BCUT2D eigenvalue weighted by Gasteiger charge is 2.30. The predicted molar refractivity (Wildman–Crippen MR) is 101 cm³/mol. The van der Waals surface area contributed by atoms with E-state index in [1.807, 2.05) is 42.2 Å². The van der Waals surface area contributed by atoms with E-state index in [4.69, 9.17) is 0 Å². The molecule has 2 aromatic carbocycles. The molecule has 0 spiro atoms. The van der Waals surface area contributed by atoms with Crippen LogP contribution in [0.2, 0.25) is 0 Å². The van der Waals surface area contributed by atoms with Gasteiger partial charge < -0.3 is 10.0 Å². The molecule has 1 N–H and O–H groups in total. The van der Waals surface area contributed by atoms with Crippen molar-refractivity contribution in [3.8, 4) is 0 Å². The average molecular weight is 394 g/mol. The minimum atomic E-state index is -4.42. The summed E-state index contributed by atoms with van der Waals surface area (Å²) < 4.78 is 38.6. The maximum atomic E-state index is 12.9. The summed E-state index contributed by atoms with van der Waals surface area (Å²) in [6.45, 7) is 2.35. The minimum absolute atomic E-state index is 0.0616. The lowest BCUT2D eigenvalue weighted by Crippen LogP contribution is -2.43. The van der Waals surface area contributed by atoms with Gasteiger partial charge in [0.25, 0.3) is 0 Å². The fourth-order valence-electron chi connectivity index (χ4n) is 2.80. The van der Waals surface area contributed by atoms with Gasteiger partial charge in [-0.3, -0.25) is 9.69 Å². The largest absolute Gasteiger partial charge is 0.416 e. The lowest BCUT2D eigenvalue weighted by atomic mass is 10.1. The molecule has 0 aliphatic heterocycles. The highest BCUT2D eigenvalue weighted by molar-refractivity contribution is 5.78. The second-order valence-corrected chi connectivity index (χ2v) is 6.87. The second kappa shape index (κ2) is 9.71. The number of aliphatic hydroxyl groups excluding tert-OH is 1. The molecule has 1 amide bonds. The van der Waals surface area contributed by atoms with Crippen LogP contribution in [0.1, 0.15) is 23.6 Å². The van der Waals surface area contributed by atoms with Gasteiger partial charge in [-0.15, -0.1) is 0 Å². The number of hydrogen-bond acceptors (Lipinski definition) is 3. The van der Waals surface area contributed by atoms with Gasteiger partial charge in [0.05, 0.1) is 18.7 Å². The molecule has 2 aromatic rings. The number of rotatable bonds is 8. The molecule has 0 aliphatic rings. The first-order valence-electron chi connectivity index (χ1n) is 8.99. The summed E-state index contributed by atoms with van der Waals surface area (Å²) in [4.78, 5) is 15.9. The van der Waals surface area contributed by atoms with E-state index < -0.39 is 11.7 Å². The Kier molecular flexibility index (Phi) is 7.60. The summed E-state index contributed by atoms with van der Waals surface area (Å²) >= 11 is 0. The molecule has 2 rings (SSSR count). The van der Waals surface area contributed by atoms with Gasteiger partial charge in [-0.05, 0) is 30.2 Å². The summed E-state index contributed by atoms with van der Waals surface area (Å²) in [5.74, 6) is -0.228. The molecular formula is C21H25F3N2O2. The normalized spacial score (nSPS) is 12.8. The summed E-state index contributed by atoms with van der Waals surface area (Å²) in [7, 11) is 1.56. The number of likely N-dealkylation sites (N-methyl/N-ethyl adjacent to an activating group) is 1. The maximum Gasteiger partial charge on any atom is 0.416 e. The number of carbonyl (C=O) groups excluding carboxylic acids is 1. The molecule has 28 heavy (non-hydrogen) atoms. The number of aliphatic hydroxyl groups is 1. The number of halogens is 3. The van der Waals surface area contributed by atoms with Gasteiger partial charge in [0, 0.05) is 26.2 Å². The standard InChI is InChI=1S/C21H25F3N2O2/c1-16(15-27)26(13-17-7-4-3-5-8-17)14-20(28)25(2)12-18-9-6-10-19(11-18)21(22,23)24/h3-11,16,27H,12-15H2,1-2H3/t16-/m1/s1. The molecule has 0 aliphatic carbocycles. The van der Waals surface area contributed by atoms with Gasteiger partial charge in [-0.25, -0.2) is 0 Å². The Morgan fingerprint density at radius 2 is 1.68 bits per heavy atom. The van der Waals surface area contributed by atoms with Crippen LogP contribution in [0.25, 0.3) is 0 Å². The van der Waals surface area contributed by atoms with Crippen LogP contribution in [-0.2, 0) is 24.1 Å². The number of alkyl halides is 3. The van der Waals surface area contributed by atoms with Gasteiger partial charge in [-0.2, -0.15) is 13.2 Å². The van der Waals surface area contributed by atoms with E-state index in [1.165, 1.54) is 11.0 Å². The smallest absolute Gasteiger partial charge is 0.395 e. The average Bonchev–Trinajstić information content (AvgIpc) is 2.67. The van der Waals surface area contributed by atoms with Gasteiger partial charge in [-0.1, -0.05) is 42.5 Å². The molecular weight excluding hydrogens is 369 g/mol. The van der Waals surface area contributed by atoms with E-state index in [0.29, 0.717) is 12.1 Å². The first-order chi connectivity index (χ1) is 13.2. The van der Waals surface area contributed by atoms with Crippen molar-refractivity contribution in [3.63, 3.8) is 0 Å². The van der Waals surface area contributed by atoms with Crippen LogP contribution in [0.4, 0.5) is 13.2 Å². The van der Waals surface area contributed by atoms with Crippen LogP contribution in [0.3, 0.4) is 0 Å². The third-order valence-corrected chi connectivity index (χ3v) is 4.55. The SMILES string of the molecule is C[C@H](CO)N(CC(=O)N(C)Cc1cccc(C(F)(F)F)c1)Cc1ccccc1. The third-order valence-electron chi connectivity index (χ3n) is 4.55. The summed E-state index contributed by atoms with van der Waals surface area (Å²) in [6.07, 6.45) is -4.42. The Morgan fingerprint density at radius 3 is 2.29 bits per heavy atom. The van der Waals surface area contributed by atoms with E-state index in [0.717, 1.165) is 17.7 Å². The van der Waals surface area contributed by atoms with Crippen molar-refractivity contribution < 1.29 is 23.1 Å². The van der Waals surface area contributed by atoms with Crippen LogP contribution in [0.15, 0.2) is 54.6 Å². The van der Waals surface area contributed by atoms with E-state index in [2.05, 4.69) is 0 Å². The number of amides is 1. The van der Waals surface area contributed by atoms with Crippen molar-refractivity contribution in [1.82, 2.24) is 9.80 Å². The molecule has 0 bridgehead atoms. The zero-order valence-electron chi connectivity index (χ0n) is 16.0. The topological polar surface area (TPSA) is 43.8 Å². The van der Waals surface area contributed by atoms with Gasteiger partial charge in [0.15, 0.2) is 0 Å². The van der Waals surface area contributed by atoms with Crippen LogP contribution in [-0.4, -0.2) is 47.1 Å². The predicted octanol–water partition coefficient (Wildman–Crippen LogP) is 3.55. The van der Waals surface area contributed by atoms with Gasteiger partial charge in [0.1, 0.15) is 0 Å². The fraction of sp³-hybridized carbons (Fsp3) is 0.381. The fourth-order valence-corrected chi connectivity index (χ4v) is 2.80. The van der Waals surface area contributed by atoms with E-state index in [-0.39, 0.29) is 31.6 Å². The molecule has 0 aromatic heterocycles. The van der Waals surface area contributed by atoms with Crippen LogP contribution in [0, 0.1) is 0 Å². The quantitative estimate of drug-likeness (QED) is 0.745. The van der Waals surface area contributed by atoms with Gasteiger partial charge in [0.2, 0.25) is 5.91 Å². The molecule has 152 valence electrons. The van der Waals surface area contributed by atoms with Crippen LogP contribution < -0.4 is 0 Å². The Morgan fingerprint density at radius 1 is 1.04 bits per heavy atom. The highest BCUT2D eigenvalue weighted by atomic mass is 19.4. The molecule has 1 atom stereocenters. The van der Waals surface area contributed by atoms with Gasteiger partial charge >= 0.3 is 6.18 Å². The Hall–Kier alpha value is -2.38. The zero-order chi connectivity index (χ0) is 20.7. The number of carbonyl (C=O) groups is 1. The molecule has 7 heteroatoms. The summed E-state index contributed by atoms with van der Waals surface area (Å²) in [6, 6.07) is 14.3. The highest BCUT2D eigenvalue weighted by Crippen LogP contribution is 2.29. The second-order valence-electron chi connectivity index (χ2n) is 6.87. The molecule has 0 fully saturated rings. The Balaban J connectivity index is 2.04. The van der Waals surface area contributed by atoms with Crippen molar-refractivity contribution in [2.75, 3.05) is 20.2 Å². The Bertz CT molecular complexity index is 766. The van der Waals surface area contributed by atoms with E-state index >= 15 is 0 Å². The lowest BCUT2D eigenvalue weighted by Gasteiger charge is -2.29. The zero-order valence-corrected chi connectivity index (χ0v) is 16.0. The molecule has 0 saturated carbocycles. The van der Waals surface area contributed by atoms with Crippen molar-refractivity contribution in [1.29, 1.82) is 0 Å². The maximum absolute atomic E-state index is 12.9. The summed E-state index contributed by atoms with van der Waals surface area (Å²) in [5, 5.41) is 9.50. The number of nitrogens with zero attached hydrogens (tertiary/aromatic N) is 2. The van der Waals surface area contributed by atoms with Crippen molar-refractivity contribution in [3.05, 3.63) is 71.3 Å². The molecule has 0 saturated heterocycles. The molecule has 0 heterocycles. The number of hydrogen-bond donors (Lipinski definition) is 1. The molecule has 0 radical (unpaired) electrons. The molecule has 0 unspecified atom stereocenters. The van der Waals surface area contributed by atoms with Crippen molar-refractivity contribution in [2.45, 2.75) is 32.2 Å². The van der Waals surface area contributed by atoms with E-state index in [9.17, 15) is 23.1 Å². The van der Waals surface area contributed by atoms with Crippen LogP contribution in [0.5, 0.6) is 0 Å². The first kappa shape index (κ1) is 21.9. The van der Waals surface area contributed by atoms with Crippen molar-refractivity contribution >= 4 is 5.91 Å². The number of benzene rings is 2. The third kappa shape index (κ3) is 6.35. The van der Waals surface area contributed by atoms with Crippen LogP contribution >= 0.6 is 0 Å². The van der Waals surface area contributed by atoms with Crippen molar-refractivity contribution in [2.24, 2.45) is 0 Å². The minimum Gasteiger partial charge on any atom is -0.395 e. The lowest BCUT2D eigenvalue weighted by molar-refractivity contribution is -0.137. The monoisotopic (exact) mass is 394 g/mol. The van der Waals surface area contributed by atoms with E-state index in [1.54, 1.807) is 13.1 Å². The summed E-state index contributed by atoms with van der Waals surface area (Å²) in [5.41, 5.74) is 0.692. The first-order valence-corrected chi connectivity index (χ1v) is 8.99. The molecule has 4 nitrogen and oxygen atoms in total. The Labute approximate surface area is 163 Å².